The average molecular weight is 280 g/mol. The first kappa shape index (κ1) is 12.7. The summed E-state index contributed by atoms with van der Waals surface area (Å²) in [4.78, 5) is 0. The molecule has 1 fully saturated rings. The number of rotatable bonds is 4. The largest absolute Gasteiger partial charge is 0.348 e. The fraction of sp³-hybridized carbons (Fsp3) is 0.353. The van der Waals surface area contributed by atoms with Crippen molar-refractivity contribution in [2.75, 3.05) is 0 Å². The monoisotopic (exact) mass is 280 g/mol. The first-order valence-corrected chi connectivity index (χ1v) is 7.54. The molecule has 0 spiro atoms. The van der Waals surface area contributed by atoms with E-state index in [1.165, 1.54) is 29.3 Å². The molecule has 1 saturated carbocycles. The van der Waals surface area contributed by atoms with Crippen molar-refractivity contribution in [3.8, 4) is 0 Å². The van der Waals surface area contributed by atoms with Gasteiger partial charge in [0.15, 0.2) is 0 Å². The molecule has 3 aromatic rings. The summed E-state index contributed by atoms with van der Waals surface area (Å²) in [5.74, 6) is 0.691. The lowest BCUT2D eigenvalue weighted by Crippen LogP contribution is -2.11. The summed E-state index contributed by atoms with van der Waals surface area (Å²) in [6.07, 6.45) is 6.84. The number of aromatic nitrogens is 3. The molecule has 0 aliphatic heterocycles. The third-order valence-electron chi connectivity index (χ3n) is 4.45. The third kappa shape index (κ3) is 2.25. The lowest BCUT2D eigenvalue weighted by atomic mass is 10.1. The minimum absolute atomic E-state index is 0.201. The molecule has 2 N–H and O–H groups in total. The number of fused-ring (bicyclic) bond motifs is 1. The molecule has 2 aromatic heterocycles. The molecule has 21 heavy (non-hydrogen) atoms. The van der Waals surface area contributed by atoms with Crippen molar-refractivity contribution < 1.29 is 0 Å². The standard InChI is InChI=1S/C17H20N4/c1-20-16-5-3-2-4-14(16)15(19-20)11-21-9-8-13(10-21)17(18)12-6-7-12/h2-5,8-10,12,17H,6-7,11,18H2,1H3. The fourth-order valence-corrected chi connectivity index (χ4v) is 3.06. The zero-order chi connectivity index (χ0) is 14.4. The number of hydrogen-bond donors (Lipinski definition) is 1. The summed E-state index contributed by atoms with van der Waals surface area (Å²) < 4.78 is 4.14. The Hall–Kier alpha value is -2.07. The molecular formula is C17H20N4. The molecule has 1 aromatic carbocycles. The molecule has 2 heterocycles. The highest BCUT2D eigenvalue weighted by atomic mass is 15.3. The van der Waals surface area contributed by atoms with Gasteiger partial charge in [-0.05, 0) is 36.5 Å². The van der Waals surface area contributed by atoms with E-state index in [-0.39, 0.29) is 6.04 Å². The van der Waals surface area contributed by atoms with Gasteiger partial charge in [0.2, 0.25) is 0 Å². The van der Waals surface area contributed by atoms with Crippen LogP contribution < -0.4 is 5.73 Å². The Morgan fingerprint density at radius 2 is 2.10 bits per heavy atom. The maximum absolute atomic E-state index is 6.27. The van der Waals surface area contributed by atoms with Crippen LogP contribution in [0.3, 0.4) is 0 Å². The fourth-order valence-electron chi connectivity index (χ4n) is 3.06. The van der Waals surface area contributed by atoms with E-state index in [0.29, 0.717) is 5.92 Å². The van der Waals surface area contributed by atoms with Gasteiger partial charge in [0.1, 0.15) is 0 Å². The van der Waals surface area contributed by atoms with Gasteiger partial charge in [-0.3, -0.25) is 4.68 Å². The van der Waals surface area contributed by atoms with Gasteiger partial charge in [0.05, 0.1) is 17.8 Å². The van der Waals surface area contributed by atoms with Crippen LogP contribution in [0.2, 0.25) is 0 Å². The highest BCUT2D eigenvalue weighted by Gasteiger charge is 2.29. The highest BCUT2D eigenvalue weighted by Crippen LogP contribution is 2.39. The van der Waals surface area contributed by atoms with E-state index < -0.39 is 0 Å². The lowest BCUT2D eigenvalue weighted by Gasteiger charge is -2.07. The Balaban J connectivity index is 1.62. The first-order chi connectivity index (χ1) is 10.2. The van der Waals surface area contributed by atoms with Gasteiger partial charge in [0, 0.05) is 30.9 Å². The zero-order valence-corrected chi connectivity index (χ0v) is 12.2. The molecule has 4 rings (SSSR count). The molecule has 1 aliphatic carbocycles. The Kier molecular flexibility index (Phi) is 2.86. The van der Waals surface area contributed by atoms with Gasteiger partial charge < -0.3 is 10.3 Å². The smallest absolute Gasteiger partial charge is 0.0900 e. The van der Waals surface area contributed by atoms with Gasteiger partial charge in [0.25, 0.3) is 0 Å². The van der Waals surface area contributed by atoms with E-state index >= 15 is 0 Å². The number of benzene rings is 1. The van der Waals surface area contributed by atoms with Crippen LogP contribution in [0.25, 0.3) is 10.9 Å². The van der Waals surface area contributed by atoms with Crippen LogP contribution in [0, 0.1) is 5.92 Å². The number of nitrogens with zero attached hydrogens (tertiary/aromatic N) is 3. The van der Waals surface area contributed by atoms with Crippen molar-refractivity contribution in [3.05, 3.63) is 54.0 Å². The molecular weight excluding hydrogens is 260 g/mol. The Morgan fingerprint density at radius 3 is 2.90 bits per heavy atom. The summed E-state index contributed by atoms with van der Waals surface area (Å²) >= 11 is 0. The second kappa shape index (κ2) is 4.74. The van der Waals surface area contributed by atoms with Crippen LogP contribution >= 0.6 is 0 Å². The molecule has 0 radical (unpaired) electrons. The van der Waals surface area contributed by atoms with E-state index in [9.17, 15) is 0 Å². The van der Waals surface area contributed by atoms with Crippen molar-refractivity contribution in [1.82, 2.24) is 14.3 Å². The Bertz CT molecular complexity index is 779. The number of aryl methyl sites for hydroxylation is 1. The Morgan fingerprint density at radius 1 is 1.29 bits per heavy atom. The van der Waals surface area contributed by atoms with E-state index in [1.54, 1.807) is 0 Å². The van der Waals surface area contributed by atoms with Crippen molar-refractivity contribution >= 4 is 10.9 Å². The van der Waals surface area contributed by atoms with Crippen LogP contribution in [-0.2, 0) is 13.6 Å². The highest BCUT2D eigenvalue weighted by molar-refractivity contribution is 5.81. The van der Waals surface area contributed by atoms with E-state index in [2.05, 4.69) is 52.4 Å². The van der Waals surface area contributed by atoms with Crippen LogP contribution in [0.1, 0.15) is 30.1 Å². The maximum atomic E-state index is 6.27. The van der Waals surface area contributed by atoms with E-state index in [0.717, 1.165) is 12.2 Å². The molecule has 4 nitrogen and oxygen atoms in total. The number of nitrogens with two attached hydrogens (primary N) is 1. The van der Waals surface area contributed by atoms with Crippen molar-refractivity contribution in [2.24, 2.45) is 18.7 Å². The minimum Gasteiger partial charge on any atom is -0.348 e. The van der Waals surface area contributed by atoms with Crippen LogP contribution in [0.15, 0.2) is 42.7 Å². The summed E-state index contributed by atoms with van der Waals surface area (Å²) in [6, 6.07) is 10.7. The van der Waals surface area contributed by atoms with Crippen molar-refractivity contribution in [1.29, 1.82) is 0 Å². The van der Waals surface area contributed by atoms with Crippen molar-refractivity contribution in [2.45, 2.75) is 25.4 Å². The van der Waals surface area contributed by atoms with E-state index in [4.69, 9.17) is 5.73 Å². The summed E-state index contributed by atoms with van der Waals surface area (Å²) in [7, 11) is 2.00. The van der Waals surface area contributed by atoms with E-state index in [1.807, 2.05) is 11.7 Å². The molecule has 1 unspecified atom stereocenters. The summed E-state index contributed by atoms with van der Waals surface area (Å²) in [5.41, 5.74) is 9.80. The minimum atomic E-state index is 0.201. The van der Waals surface area contributed by atoms with Crippen LogP contribution in [0.5, 0.6) is 0 Å². The predicted octanol–water partition coefficient (Wildman–Crippen LogP) is 2.83. The number of para-hydroxylation sites is 1. The zero-order valence-electron chi connectivity index (χ0n) is 12.2. The molecule has 108 valence electrons. The molecule has 0 saturated heterocycles. The molecule has 1 atom stereocenters. The SMILES string of the molecule is Cn1nc(Cn2ccc(C(N)C3CC3)c2)c2ccccc21. The second-order valence-electron chi connectivity index (χ2n) is 6.07. The first-order valence-electron chi connectivity index (χ1n) is 7.54. The average Bonchev–Trinajstić information content (AvgIpc) is 3.17. The van der Waals surface area contributed by atoms with Gasteiger partial charge in [-0.15, -0.1) is 0 Å². The normalized spacial score (nSPS) is 16.5. The summed E-state index contributed by atoms with van der Waals surface area (Å²) in [5, 5.41) is 5.88. The third-order valence-corrected chi connectivity index (χ3v) is 4.45. The molecule has 1 aliphatic rings. The van der Waals surface area contributed by atoms with Gasteiger partial charge in [-0.2, -0.15) is 5.10 Å². The predicted molar refractivity (Wildman–Crippen MR) is 83.9 cm³/mol. The Labute approximate surface area is 124 Å². The quantitative estimate of drug-likeness (QED) is 0.799. The molecule has 0 bridgehead atoms. The second-order valence-corrected chi connectivity index (χ2v) is 6.07. The van der Waals surface area contributed by atoms with Gasteiger partial charge >= 0.3 is 0 Å². The van der Waals surface area contributed by atoms with Gasteiger partial charge in [-0.25, -0.2) is 0 Å². The number of hydrogen-bond acceptors (Lipinski definition) is 2. The van der Waals surface area contributed by atoms with Crippen molar-refractivity contribution in [3.63, 3.8) is 0 Å². The maximum Gasteiger partial charge on any atom is 0.0900 e. The topological polar surface area (TPSA) is 48.8 Å². The summed E-state index contributed by atoms with van der Waals surface area (Å²) in [6.45, 7) is 0.790. The lowest BCUT2D eigenvalue weighted by molar-refractivity contribution is 0.630. The van der Waals surface area contributed by atoms with Gasteiger partial charge in [-0.1, -0.05) is 18.2 Å². The molecule has 0 amide bonds. The molecule has 4 heteroatoms. The van der Waals surface area contributed by atoms with Crippen LogP contribution in [-0.4, -0.2) is 14.3 Å². The van der Waals surface area contributed by atoms with Crippen LogP contribution in [0.4, 0.5) is 0 Å².